The van der Waals surface area contributed by atoms with Gasteiger partial charge in [0.1, 0.15) is 6.23 Å². The van der Waals surface area contributed by atoms with Gasteiger partial charge < -0.3 is 15.7 Å². The molecule has 1 aromatic heterocycles. The third kappa shape index (κ3) is 9.31. The topological polar surface area (TPSA) is 141 Å². The first kappa shape index (κ1) is 31.6. The number of aliphatic hydroxyl groups excluding tert-OH is 1. The van der Waals surface area contributed by atoms with Crippen LogP contribution in [0.3, 0.4) is 0 Å². The zero-order valence-electron chi connectivity index (χ0n) is 23.2. The maximum absolute atomic E-state index is 13.6. The van der Waals surface area contributed by atoms with E-state index in [1.54, 1.807) is 6.07 Å². The van der Waals surface area contributed by atoms with Crippen molar-refractivity contribution >= 4 is 61.0 Å². The summed E-state index contributed by atoms with van der Waals surface area (Å²) in [5.74, 6) is -0.823. The quantitative estimate of drug-likeness (QED) is 0.244. The van der Waals surface area contributed by atoms with Crippen molar-refractivity contribution in [1.82, 2.24) is 20.5 Å². The lowest BCUT2D eigenvalue weighted by molar-refractivity contribution is -0.124. The molecule has 2 heterocycles. The number of amides is 2. The van der Waals surface area contributed by atoms with Crippen LogP contribution in [0.2, 0.25) is 5.02 Å². The minimum absolute atomic E-state index is 0.0853. The number of sulfone groups is 1. The van der Waals surface area contributed by atoms with Gasteiger partial charge in [0.15, 0.2) is 9.84 Å². The molecule has 2 fully saturated rings. The number of halogens is 1. The number of aliphatic hydroxyl groups is 1. The highest BCUT2D eigenvalue weighted by atomic mass is 35.5. The lowest BCUT2D eigenvalue weighted by atomic mass is 9.96. The number of carbonyl (C=O) groups is 2. The van der Waals surface area contributed by atoms with Gasteiger partial charge in [-0.25, -0.2) is 13.4 Å². The SMILES string of the molecule is C=C(CN1CCS(=O)(=O)CC1)C(=O)NC[C@@H](NC(=O)C(/C=N/C(C)O)Cc1nc2ccc(Cl)cc2s1)C1CCCC1. The number of thiazole rings is 1. The number of hydrogen-bond acceptors (Lipinski definition) is 9. The Bertz CT molecular complexity index is 1370. The molecule has 1 aliphatic heterocycles. The normalized spacial score (nSPS) is 20.2. The molecule has 0 radical (unpaired) electrons. The van der Waals surface area contributed by atoms with Crippen LogP contribution in [-0.2, 0) is 25.8 Å². The maximum Gasteiger partial charge on any atom is 0.247 e. The molecular formula is C28H38ClN5O5S2. The van der Waals surface area contributed by atoms with Crippen LogP contribution in [0.25, 0.3) is 10.2 Å². The van der Waals surface area contributed by atoms with Crippen LogP contribution in [0.5, 0.6) is 0 Å². The monoisotopic (exact) mass is 623 g/mol. The number of nitrogens with one attached hydrogen (secondary N) is 2. The fourth-order valence-corrected chi connectivity index (χ4v) is 7.80. The molecule has 0 spiro atoms. The summed E-state index contributed by atoms with van der Waals surface area (Å²) in [5.41, 5.74) is 1.16. The highest BCUT2D eigenvalue weighted by Gasteiger charge is 2.30. The smallest absolute Gasteiger partial charge is 0.247 e. The number of aromatic nitrogens is 1. The summed E-state index contributed by atoms with van der Waals surface area (Å²) in [5, 5.41) is 17.2. The zero-order valence-corrected chi connectivity index (χ0v) is 25.6. The van der Waals surface area contributed by atoms with E-state index in [0.717, 1.165) is 40.9 Å². The van der Waals surface area contributed by atoms with Crippen molar-refractivity contribution in [3.63, 3.8) is 0 Å². The molecular weight excluding hydrogens is 586 g/mol. The molecule has 1 saturated heterocycles. The summed E-state index contributed by atoms with van der Waals surface area (Å²) in [4.78, 5) is 37.1. The minimum atomic E-state index is -3.00. The van der Waals surface area contributed by atoms with E-state index in [4.69, 9.17) is 11.6 Å². The summed E-state index contributed by atoms with van der Waals surface area (Å²) < 4.78 is 24.3. The van der Waals surface area contributed by atoms with Crippen LogP contribution >= 0.6 is 22.9 Å². The summed E-state index contributed by atoms with van der Waals surface area (Å²) in [6.45, 7) is 6.75. The Morgan fingerprint density at radius 1 is 1.29 bits per heavy atom. The first-order valence-corrected chi connectivity index (χ1v) is 17.0. The standard InChI is InChI=1S/C28H38ClN5O5S2/c1-18(17-34-9-11-41(38,39)12-10-34)27(36)31-16-24(20-5-3-4-6-20)33-28(37)21(15-30-19(2)35)13-26-32-23-8-7-22(29)14-25(23)40-26/h7-8,14-15,19-21,24,35H,1,3-6,9-13,16-17H2,2H3,(H,31,36)(H,33,37)/b30-15+/t19?,21?,24-/m1/s1. The predicted octanol–water partition coefficient (Wildman–Crippen LogP) is 2.60. The number of nitrogens with zero attached hydrogens (tertiary/aromatic N) is 3. The molecule has 1 saturated carbocycles. The van der Waals surface area contributed by atoms with E-state index in [-0.39, 0.29) is 41.8 Å². The van der Waals surface area contributed by atoms with Gasteiger partial charge in [-0.1, -0.05) is 31.0 Å². The first-order valence-electron chi connectivity index (χ1n) is 13.9. The van der Waals surface area contributed by atoms with E-state index >= 15 is 0 Å². The molecule has 2 amide bonds. The lowest BCUT2D eigenvalue weighted by Crippen LogP contribution is -2.50. The average molecular weight is 624 g/mol. The third-order valence-electron chi connectivity index (χ3n) is 7.56. The van der Waals surface area contributed by atoms with E-state index in [1.807, 2.05) is 17.0 Å². The van der Waals surface area contributed by atoms with Gasteiger partial charge in [0, 0.05) is 55.5 Å². The van der Waals surface area contributed by atoms with Gasteiger partial charge in [0.25, 0.3) is 0 Å². The second-order valence-corrected chi connectivity index (χ2v) is 14.7. The second kappa shape index (κ2) is 14.2. The number of hydrogen-bond donors (Lipinski definition) is 3. The largest absolute Gasteiger partial charge is 0.372 e. The minimum Gasteiger partial charge on any atom is -0.372 e. The fraction of sp³-hybridized carbons (Fsp3) is 0.571. The molecule has 41 heavy (non-hydrogen) atoms. The van der Waals surface area contributed by atoms with Crippen molar-refractivity contribution in [3.05, 3.63) is 40.4 Å². The van der Waals surface area contributed by atoms with Crippen LogP contribution in [0.4, 0.5) is 0 Å². The predicted molar refractivity (Wildman–Crippen MR) is 163 cm³/mol. The summed E-state index contributed by atoms with van der Waals surface area (Å²) in [6.07, 6.45) is 4.88. The molecule has 0 bridgehead atoms. The van der Waals surface area contributed by atoms with Gasteiger partial charge >= 0.3 is 0 Å². The van der Waals surface area contributed by atoms with Gasteiger partial charge in [-0.15, -0.1) is 11.3 Å². The number of benzene rings is 1. The second-order valence-electron chi connectivity index (χ2n) is 10.9. The van der Waals surface area contributed by atoms with Crippen LogP contribution in [-0.4, -0.2) is 91.4 Å². The van der Waals surface area contributed by atoms with Crippen molar-refractivity contribution in [1.29, 1.82) is 0 Å². The lowest BCUT2D eigenvalue weighted by Gasteiger charge is -2.28. The van der Waals surface area contributed by atoms with Crippen molar-refractivity contribution in [3.8, 4) is 0 Å². The Morgan fingerprint density at radius 2 is 2.00 bits per heavy atom. The Hall–Kier alpha value is -2.38. The number of carbonyl (C=O) groups excluding carboxylic acids is 2. The molecule has 2 aromatic rings. The molecule has 1 aromatic carbocycles. The van der Waals surface area contributed by atoms with Gasteiger partial charge in [0.05, 0.1) is 32.6 Å². The number of fused-ring (bicyclic) bond motifs is 1. The Labute approximate surface area is 250 Å². The highest BCUT2D eigenvalue weighted by molar-refractivity contribution is 7.91. The molecule has 2 unspecified atom stereocenters. The Morgan fingerprint density at radius 3 is 2.68 bits per heavy atom. The maximum atomic E-state index is 13.6. The number of rotatable bonds is 12. The third-order valence-corrected chi connectivity index (χ3v) is 10.4. The molecule has 3 atom stereocenters. The van der Waals surface area contributed by atoms with Gasteiger partial charge in [-0.3, -0.25) is 19.5 Å². The Balaban J connectivity index is 1.40. The number of aliphatic imine (C=N–C) groups is 1. The highest BCUT2D eigenvalue weighted by Crippen LogP contribution is 2.29. The van der Waals surface area contributed by atoms with Crippen LogP contribution in [0.15, 0.2) is 35.3 Å². The molecule has 3 N–H and O–H groups in total. The zero-order chi connectivity index (χ0) is 29.6. The average Bonchev–Trinajstić information content (AvgIpc) is 3.59. The van der Waals surface area contributed by atoms with Gasteiger partial charge in [0.2, 0.25) is 11.8 Å². The van der Waals surface area contributed by atoms with Crippen molar-refractivity contribution < 1.29 is 23.1 Å². The van der Waals surface area contributed by atoms with Crippen molar-refractivity contribution in [2.24, 2.45) is 16.8 Å². The van der Waals surface area contributed by atoms with E-state index in [2.05, 4.69) is 27.2 Å². The summed E-state index contributed by atoms with van der Waals surface area (Å²) in [6, 6.07) is 5.19. The molecule has 10 nitrogen and oxygen atoms in total. The van der Waals surface area contributed by atoms with Crippen LogP contribution in [0.1, 0.15) is 37.6 Å². The molecule has 1 aliphatic carbocycles. The molecule has 13 heteroatoms. The van der Waals surface area contributed by atoms with Crippen molar-refractivity contribution in [2.45, 2.75) is 51.3 Å². The summed E-state index contributed by atoms with van der Waals surface area (Å²) >= 11 is 7.59. The van der Waals surface area contributed by atoms with Crippen LogP contribution < -0.4 is 10.6 Å². The molecule has 2 aliphatic rings. The first-order chi connectivity index (χ1) is 19.5. The molecule has 4 rings (SSSR count). The van der Waals surface area contributed by atoms with Crippen LogP contribution in [0, 0.1) is 11.8 Å². The fourth-order valence-electron chi connectivity index (χ4n) is 5.23. The van der Waals surface area contributed by atoms with E-state index in [9.17, 15) is 23.1 Å². The van der Waals surface area contributed by atoms with E-state index in [0.29, 0.717) is 36.7 Å². The van der Waals surface area contributed by atoms with E-state index < -0.39 is 22.0 Å². The molecule has 224 valence electrons. The van der Waals surface area contributed by atoms with E-state index in [1.165, 1.54) is 24.5 Å². The van der Waals surface area contributed by atoms with Gasteiger partial charge in [-0.2, -0.15) is 0 Å². The Kier molecular flexibility index (Phi) is 10.9. The van der Waals surface area contributed by atoms with Gasteiger partial charge in [-0.05, 0) is 43.9 Å². The van der Waals surface area contributed by atoms with Crippen molar-refractivity contribution in [2.75, 3.05) is 37.7 Å². The summed E-state index contributed by atoms with van der Waals surface area (Å²) in [7, 11) is -3.00.